The Bertz CT molecular complexity index is 15700. The van der Waals surface area contributed by atoms with Gasteiger partial charge in [-0.3, -0.25) is 0 Å². The van der Waals surface area contributed by atoms with Gasteiger partial charge in [-0.15, -0.1) is 0 Å². The van der Waals surface area contributed by atoms with Crippen LogP contribution in [0.15, 0.2) is 521 Å². The molecule has 30 aromatic rings. The molecule has 0 bridgehead atoms. The van der Waals surface area contributed by atoms with Crippen molar-refractivity contribution in [2.45, 2.75) is 0 Å². The normalized spacial score (nSPS) is 20.2. The topological polar surface area (TPSA) is 39.4 Å². The molecule has 0 amide bonds. The summed E-state index contributed by atoms with van der Waals surface area (Å²) < 4.78 is 778. The largest absolute Gasteiger partial charge is 0.455 e. The van der Waals surface area contributed by atoms with Crippen molar-refractivity contribution in [3.63, 3.8) is 0 Å². The predicted octanol–water partition coefficient (Wildman–Crippen LogP) is 39.6. The fourth-order valence-corrected chi connectivity index (χ4v) is 17.8. The van der Waals surface area contributed by atoms with E-state index < -0.39 is 803 Å². The van der Waals surface area contributed by atoms with E-state index in [0.717, 1.165) is 0 Å². The summed E-state index contributed by atoms with van der Waals surface area (Å²) >= 11 is 0. The van der Waals surface area contributed by atoms with E-state index in [1.807, 2.05) is 0 Å². The lowest BCUT2D eigenvalue weighted by molar-refractivity contribution is 0.672. The van der Waals surface area contributed by atoms with Crippen LogP contribution in [0.25, 0.3) is 295 Å². The minimum Gasteiger partial charge on any atom is -0.455 e. The lowest BCUT2D eigenvalue weighted by Gasteiger charge is -2.20. The first-order valence-electron chi connectivity index (χ1n) is 83.7. The molecular formula is C138H84O3. The summed E-state index contributed by atoms with van der Waals surface area (Å²) in [6.07, 6.45) is 0. The van der Waals surface area contributed by atoms with Crippen LogP contribution in [-0.2, 0) is 0 Å². The zero-order valence-corrected chi connectivity index (χ0v) is 70.2. The Morgan fingerprint density at radius 2 is 0.369 bits per heavy atom. The Hall–Kier alpha value is -18.5. The first-order chi connectivity index (χ1) is 105. The van der Waals surface area contributed by atoms with Crippen molar-refractivity contribution in [3.8, 4) is 100 Å². The predicted molar refractivity (Wildman–Crippen MR) is 600 cm³/mol. The second-order valence-electron chi connectivity index (χ2n) is 30.8. The molecule has 3 aromatic heterocycles. The van der Waals surface area contributed by atoms with E-state index >= 15 is 0 Å². The fourth-order valence-electron chi connectivity index (χ4n) is 17.8. The van der Waals surface area contributed by atoms with Crippen LogP contribution in [-0.4, -0.2) is 0 Å². The minimum absolute atomic E-state index is 0.469. The van der Waals surface area contributed by atoms with Crippen molar-refractivity contribution < 1.29 is 128 Å². The fraction of sp³-hybridized carbons (Fsp3) is 0. The average molecular weight is 1870 g/mol. The van der Waals surface area contributed by atoms with Gasteiger partial charge >= 0.3 is 0 Å². The van der Waals surface area contributed by atoms with E-state index in [0.29, 0.717) is 0 Å². The monoisotopic (exact) mass is 1870 g/mol. The summed E-state index contributed by atoms with van der Waals surface area (Å²) in [7, 11) is 0. The second-order valence-corrected chi connectivity index (χ2v) is 30.8. The number of benzene rings is 27. The quantitative estimate of drug-likeness (QED) is 0.135. The summed E-state index contributed by atoms with van der Waals surface area (Å²) in [4.78, 5) is 0. The van der Waals surface area contributed by atoms with Gasteiger partial charge in [-0.2, -0.15) is 0 Å². The Balaban J connectivity index is 0.000000146. The zero-order chi connectivity index (χ0) is 166. The van der Waals surface area contributed by atoms with Gasteiger partial charge in [0, 0.05) is 48.5 Å². The van der Waals surface area contributed by atoms with Crippen LogP contribution in [0.2, 0.25) is 0 Å². The Labute approximate surface area is 930 Å². The van der Waals surface area contributed by atoms with Gasteiger partial charge < -0.3 is 13.3 Å². The highest BCUT2D eigenvalue weighted by Crippen LogP contribution is 2.55. The maximum Gasteiger partial charge on any atom is 0.143 e. The smallest absolute Gasteiger partial charge is 0.143 e. The Morgan fingerprint density at radius 3 is 0.730 bits per heavy atom. The third-order valence-electron chi connectivity index (χ3n) is 23.5. The standard InChI is InChI=1S/3C46H28O/c1-2-13-29(14-3-1)41-28-32(27-31-16-5-6-17-33(31)41)43-35-19-8-10-21-37(35)44(38-22-11-9-20-36(38)43)39-23-12-24-42-45(39)40-26-25-30-15-4-7-18-34(30)46(40)47-42;1-2-13-29(14-3-1)32-27-31-16-5-6-17-33(31)41(28-32)44-37-21-10-8-19-35(37)43(36-20-9-11-22-38(36)44)39-23-12-24-42-45(39)40-26-25-30-15-4-7-18-34(30)46(40)47-42;1-2-13-29(14-3-1)31-27-28-39(34-18-7-6-17-33(31)34)43-35-19-8-10-21-37(35)44(38-22-11-9-20-36(38)43)40-23-12-24-42-45(40)41-26-25-30-15-4-5-16-32(30)46(41)47-42/h3*1-28H/i3*1D,2D,3D,4D,5D,6D,7D,8D,9D,10D,11D,12D,13D,14D,15D,16D,17D,18D,19D,20D,21D,22D,23D,24D,25D,26D,27D,28D. The third-order valence-corrected chi connectivity index (χ3v) is 23.5. The number of hydrogen-bond donors (Lipinski definition) is 0. The van der Waals surface area contributed by atoms with Crippen molar-refractivity contribution in [2.24, 2.45) is 0 Å². The third kappa shape index (κ3) is 13.1. The lowest BCUT2D eigenvalue weighted by Crippen LogP contribution is -1.93. The molecule has 3 heteroatoms. The van der Waals surface area contributed by atoms with E-state index in [-0.39, 0.29) is 0 Å². The zero-order valence-electron chi connectivity index (χ0n) is 154. The highest BCUT2D eigenvalue weighted by molar-refractivity contribution is 6.33. The van der Waals surface area contributed by atoms with Gasteiger partial charge in [-0.1, -0.05) is 447 Å². The molecule has 0 aliphatic carbocycles. The molecule has 27 aromatic carbocycles. The van der Waals surface area contributed by atoms with E-state index in [2.05, 4.69) is 0 Å². The highest BCUT2D eigenvalue weighted by Gasteiger charge is 2.28. The maximum atomic E-state index is 9.99. The molecule has 0 unspecified atom stereocenters. The van der Waals surface area contributed by atoms with E-state index in [1.54, 1.807) is 0 Å². The summed E-state index contributed by atoms with van der Waals surface area (Å²) in [6.45, 7) is 0. The molecule has 0 aliphatic heterocycles. The van der Waals surface area contributed by atoms with Gasteiger partial charge in [0.05, 0.1) is 115 Å². The molecule has 0 radical (unpaired) electrons. The lowest BCUT2D eigenvalue weighted by atomic mass is 9.83. The van der Waals surface area contributed by atoms with Gasteiger partial charge in [0.25, 0.3) is 0 Å². The molecule has 0 N–H and O–H groups in total. The van der Waals surface area contributed by atoms with Gasteiger partial charge in [0.1, 0.15) is 33.5 Å². The van der Waals surface area contributed by atoms with E-state index in [4.69, 9.17) is 91.4 Å². The molecule has 654 valence electrons. The van der Waals surface area contributed by atoms with Crippen molar-refractivity contribution in [2.75, 3.05) is 0 Å². The first-order valence-corrected chi connectivity index (χ1v) is 41.7. The summed E-state index contributed by atoms with van der Waals surface area (Å²) in [5, 5.41) is -19.9. The molecule has 0 spiro atoms. The molecule has 141 heavy (non-hydrogen) atoms. The molecule has 0 atom stereocenters. The first kappa shape index (κ1) is 33.1. The molecule has 0 fully saturated rings. The molecule has 3 nitrogen and oxygen atoms in total. The van der Waals surface area contributed by atoms with Gasteiger partial charge in [-0.05, 0) is 274 Å². The van der Waals surface area contributed by atoms with Crippen LogP contribution in [0.3, 0.4) is 0 Å². The van der Waals surface area contributed by atoms with Crippen molar-refractivity contribution in [1.29, 1.82) is 0 Å². The van der Waals surface area contributed by atoms with Crippen molar-refractivity contribution in [1.82, 2.24) is 0 Å². The van der Waals surface area contributed by atoms with Gasteiger partial charge in [0.15, 0.2) is 0 Å². The van der Waals surface area contributed by atoms with Crippen molar-refractivity contribution >= 4 is 195 Å². The molecule has 0 saturated heterocycles. The summed E-state index contributed by atoms with van der Waals surface area (Å²) in [6, 6.07) is -79.7. The van der Waals surface area contributed by atoms with E-state index in [1.165, 1.54) is 0 Å². The van der Waals surface area contributed by atoms with E-state index in [9.17, 15) is 37.0 Å². The summed E-state index contributed by atoms with van der Waals surface area (Å²) in [5.41, 5.74) is -17.8. The van der Waals surface area contributed by atoms with Crippen LogP contribution in [0.5, 0.6) is 0 Å². The molecule has 30 rings (SSSR count). The SMILES string of the molecule is [2H]c1c([2H])c([2H])c(-c2c([2H])c(-c3c4c([2H])c([2H])c([2H])c([2H])c4c(-c4c([2H])c([2H])c([2H])c5oc6c7c([2H])c([2H])c([2H])c([2H])c7c([2H])c([2H])c6c45)c4c([2H])c([2H])c([2H])c([2H])c34)c([2H])c3c([2H])c([2H])c([2H])c([2H])c23)c([2H])c1[2H].[2H]c1c([2H])c([2H])c(-c2c([2H])c(-c3c4c([2H])c([2H])c([2H])c([2H])c4c(-c4c([2H])c([2H])c([2H])c5oc6c7c([2H])c([2H])c([2H])c([2H])c7c([2H])c([2H])c6c45)c4c([2H])c([2H])c([2H])c([2H])c34)c3c([2H])c([2H])c([2H])c([2H])c3c2[2H])c([2H])c1[2H].[2H]c1c([2H])c([2H])c(-c2c([2H])c([2H])c(-c3c4c([2H])c([2H])c([2H])c([2H])c4c(-c4c([2H])c([2H])c([2H])c5oc6c7c([2H])c([2H])c([2H])c([2H])c7c([2H])c([2H])c6c45)c4c([2H])c([2H])c([2H])c([2H])c34)c3c([2H])c([2H])c([2H])c([2H])c23)c([2H])c1[2H]. The second kappa shape index (κ2) is 33.2. The van der Waals surface area contributed by atoms with Crippen LogP contribution in [0.1, 0.15) is 115 Å². The molecule has 3 heterocycles. The average Bonchev–Trinajstić information content (AvgIpc) is 1.66. The molecule has 0 saturated carbocycles. The Kier molecular flexibility index (Phi) is 7.80. The highest BCUT2D eigenvalue weighted by atomic mass is 16.3. The Morgan fingerprint density at radius 1 is 0.121 bits per heavy atom. The number of rotatable bonds is 9. The molecular weight excluding hydrogens is 1710 g/mol. The summed E-state index contributed by atoms with van der Waals surface area (Å²) in [5.74, 6) is 0. The minimum atomic E-state index is -1.10. The number of furan rings is 3. The van der Waals surface area contributed by atoms with Crippen LogP contribution >= 0.6 is 0 Å². The molecule has 0 aliphatic rings. The van der Waals surface area contributed by atoms with Crippen LogP contribution in [0, 0.1) is 0 Å². The number of fused-ring (bicyclic) bond motifs is 24. The van der Waals surface area contributed by atoms with Gasteiger partial charge in [0.2, 0.25) is 0 Å². The van der Waals surface area contributed by atoms with Gasteiger partial charge in [-0.25, -0.2) is 0 Å². The van der Waals surface area contributed by atoms with Crippen LogP contribution in [0.4, 0.5) is 0 Å². The van der Waals surface area contributed by atoms with Crippen molar-refractivity contribution in [3.05, 3.63) is 508 Å². The van der Waals surface area contributed by atoms with Crippen LogP contribution < -0.4 is 0 Å². The number of hydrogen-bond acceptors (Lipinski definition) is 3. The maximum absolute atomic E-state index is 9.99.